The second-order valence-electron chi connectivity index (χ2n) is 6.63. The number of fused-ring (bicyclic) bond motifs is 3. The van der Waals surface area contributed by atoms with Gasteiger partial charge in [0.25, 0.3) is 0 Å². The molecule has 2 aromatic rings. The van der Waals surface area contributed by atoms with E-state index in [-0.39, 0.29) is 23.8 Å². The number of hydrogen-bond donors (Lipinski definition) is 1. The smallest absolute Gasteiger partial charge is 0.160 e. The maximum absolute atomic E-state index is 13.8. The Morgan fingerprint density at radius 1 is 1.00 bits per heavy atom. The zero-order chi connectivity index (χ0) is 16.8. The van der Waals surface area contributed by atoms with Crippen LogP contribution < -0.4 is 10.6 Å². The minimum Gasteiger partial charge on any atom is -0.399 e. The highest BCUT2D eigenvalue weighted by Gasteiger charge is 2.47. The molecule has 24 heavy (non-hydrogen) atoms. The summed E-state index contributed by atoms with van der Waals surface area (Å²) in [7, 11) is 0. The third kappa shape index (κ3) is 2.35. The molecule has 2 saturated heterocycles. The first kappa shape index (κ1) is 15.1. The summed E-state index contributed by atoms with van der Waals surface area (Å²) in [6, 6.07) is 11.3. The van der Waals surface area contributed by atoms with E-state index in [1.807, 2.05) is 24.3 Å². The molecule has 0 radical (unpaired) electrons. The van der Waals surface area contributed by atoms with Gasteiger partial charge in [0.2, 0.25) is 0 Å². The molecule has 3 atom stereocenters. The van der Waals surface area contributed by atoms with Crippen LogP contribution in [0.2, 0.25) is 0 Å². The van der Waals surface area contributed by atoms with Crippen molar-refractivity contribution in [3.05, 3.63) is 59.7 Å². The second-order valence-corrected chi connectivity index (χ2v) is 6.63. The summed E-state index contributed by atoms with van der Waals surface area (Å²) < 4.78 is 27.1. The summed E-state index contributed by atoms with van der Waals surface area (Å²) in [6.45, 7) is 0. The van der Waals surface area contributed by atoms with Crippen LogP contribution in [0.25, 0.3) is 0 Å². The van der Waals surface area contributed by atoms with E-state index < -0.39 is 11.6 Å². The van der Waals surface area contributed by atoms with Gasteiger partial charge in [-0.1, -0.05) is 12.1 Å². The number of carbonyl (C=O) groups is 1. The van der Waals surface area contributed by atoms with Crippen LogP contribution in [0.1, 0.15) is 30.9 Å². The van der Waals surface area contributed by atoms with Crippen molar-refractivity contribution in [2.45, 2.75) is 31.3 Å². The Hall–Kier alpha value is -2.43. The molecule has 5 rings (SSSR count). The minimum atomic E-state index is -0.865. The molecule has 3 aliphatic rings. The van der Waals surface area contributed by atoms with Crippen LogP contribution in [0.15, 0.2) is 42.5 Å². The van der Waals surface area contributed by atoms with E-state index in [9.17, 15) is 13.6 Å². The summed E-state index contributed by atoms with van der Waals surface area (Å²) in [5.74, 6) is -1.59. The predicted molar refractivity (Wildman–Crippen MR) is 88.6 cm³/mol. The van der Waals surface area contributed by atoms with E-state index in [0.717, 1.165) is 24.5 Å². The molecule has 5 heteroatoms. The molecule has 3 nitrogen and oxygen atoms in total. The van der Waals surface area contributed by atoms with E-state index in [1.54, 1.807) is 6.07 Å². The first-order chi connectivity index (χ1) is 11.5. The fourth-order valence-corrected chi connectivity index (χ4v) is 4.11. The topological polar surface area (TPSA) is 46.3 Å². The van der Waals surface area contributed by atoms with Gasteiger partial charge in [0.05, 0.1) is 6.04 Å². The lowest BCUT2D eigenvalue weighted by atomic mass is 9.71. The molecule has 124 valence electrons. The van der Waals surface area contributed by atoms with Crippen LogP contribution in [0.5, 0.6) is 0 Å². The van der Waals surface area contributed by atoms with Gasteiger partial charge in [0.15, 0.2) is 11.6 Å². The predicted octanol–water partition coefficient (Wildman–Crippen LogP) is 3.85. The SMILES string of the molecule is Nc1ccc(C2C3CCC(CC3=O)N2c2ccc(F)c(F)c2)cc1. The number of anilines is 2. The van der Waals surface area contributed by atoms with Gasteiger partial charge < -0.3 is 10.6 Å². The second kappa shape index (κ2) is 5.58. The third-order valence-electron chi connectivity index (χ3n) is 5.21. The zero-order valence-corrected chi connectivity index (χ0v) is 13.1. The molecule has 2 heterocycles. The highest BCUT2D eigenvalue weighted by atomic mass is 19.2. The molecule has 1 saturated carbocycles. The fourth-order valence-electron chi connectivity index (χ4n) is 4.11. The molecule has 0 spiro atoms. The largest absolute Gasteiger partial charge is 0.399 e. The van der Waals surface area contributed by atoms with Crippen LogP contribution >= 0.6 is 0 Å². The van der Waals surface area contributed by atoms with Crippen molar-refractivity contribution < 1.29 is 13.6 Å². The van der Waals surface area contributed by atoms with Gasteiger partial charge in [-0.25, -0.2) is 8.78 Å². The number of halogens is 2. The monoisotopic (exact) mass is 328 g/mol. The number of nitrogens with zero attached hydrogens (tertiary/aromatic N) is 1. The maximum Gasteiger partial charge on any atom is 0.160 e. The van der Waals surface area contributed by atoms with Gasteiger partial charge in [-0.3, -0.25) is 4.79 Å². The van der Waals surface area contributed by atoms with Gasteiger partial charge in [0.1, 0.15) is 5.78 Å². The van der Waals surface area contributed by atoms with E-state index >= 15 is 0 Å². The molecule has 2 N–H and O–H groups in total. The summed E-state index contributed by atoms with van der Waals surface area (Å²) in [4.78, 5) is 14.5. The normalized spacial score (nSPS) is 26.0. The molecule has 0 amide bonds. The number of ketones is 1. The molecule has 3 unspecified atom stereocenters. The summed E-state index contributed by atoms with van der Waals surface area (Å²) in [5, 5.41) is 0. The fraction of sp³-hybridized carbons (Fsp3) is 0.316. The van der Waals surface area contributed by atoms with E-state index in [1.165, 1.54) is 6.07 Å². The Kier molecular flexibility index (Phi) is 3.52. The van der Waals surface area contributed by atoms with Gasteiger partial charge in [-0.15, -0.1) is 0 Å². The molecule has 2 aromatic carbocycles. The zero-order valence-electron chi connectivity index (χ0n) is 13.1. The first-order valence-corrected chi connectivity index (χ1v) is 8.16. The number of hydrogen-bond acceptors (Lipinski definition) is 3. The van der Waals surface area contributed by atoms with E-state index in [4.69, 9.17) is 5.73 Å². The molecule has 0 aromatic heterocycles. The van der Waals surface area contributed by atoms with Crippen molar-refractivity contribution in [3.8, 4) is 0 Å². The summed E-state index contributed by atoms with van der Waals surface area (Å²) >= 11 is 0. The number of piperidine rings is 2. The van der Waals surface area contributed by atoms with Crippen LogP contribution in [-0.2, 0) is 4.79 Å². The van der Waals surface area contributed by atoms with Crippen molar-refractivity contribution >= 4 is 17.2 Å². The third-order valence-corrected chi connectivity index (χ3v) is 5.21. The van der Waals surface area contributed by atoms with E-state index in [0.29, 0.717) is 17.8 Å². The van der Waals surface area contributed by atoms with Crippen molar-refractivity contribution in [3.63, 3.8) is 0 Å². The van der Waals surface area contributed by atoms with Gasteiger partial charge >= 0.3 is 0 Å². The minimum absolute atomic E-state index is 0.0231. The molecule has 3 fully saturated rings. The average molecular weight is 328 g/mol. The lowest BCUT2D eigenvalue weighted by molar-refractivity contribution is -0.128. The number of nitrogen functional groups attached to an aromatic ring is 1. The van der Waals surface area contributed by atoms with Crippen molar-refractivity contribution in [2.75, 3.05) is 10.6 Å². The lowest BCUT2D eigenvalue weighted by Crippen LogP contribution is -2.54. The molecular formula is C19H18F2N2O. The van der Waals surface area contributed by atoms with Crippen LogP contribution in [0.3, 0.4) is 0 Å². The Labute approximate surface area is 139 Å². The number of benzene rings is 2. The maximum atomic E-state index is 13.8. The van der Waals surface area contributed by atoms with Gasteiger partial charge in [0, 0.05) is 35.8 Å². The van der Waals surface area contributed by atoms with E-state index in [2.05, 4.69) is 4.90 Å². The standard InChI is InChI=1S/C19H18F2N2O/c20-16-8-6-13(9-17(16)21)23-14-5-7-15(18(24)10-14)19(23)11-1-3-12(22)4-2-11/h1-4,6,8-9,14-15,19H,5,7,10,22H2. The number of nitrogens with two attached hydrogens (primary N) is 1. The molecule has 2 aliphatic heterocycles. The van der Waals surface area contributed by atoms with Gasteiger partial charge in [-0.05, 0) is 42.7 Å². The van der Waals surface area contributed by atoms with Crippen LogP contribution in [0.4, 0.5) is 20.2 Å². The van der Waals surface area contributed by atoms with Crippen molar-refractivity contribution in [2.24, 2.45) is 5.92 Å². The molecular weight excluding hydrogens is 310 g/mol. The Morgan fingerprint density at radius 2 is 1.75 bits per heavy atom. The summed E-state index contributed by atoms with van der Waals surface area (Å²) in [5.41, 5.74) is 8.03. The number of Topliss-reactive ketones (excluding diaryl/α,β-unsaturated/α-hetero) is 1. The highest BCUT2D eigenvalue weighted by Crippen LogP contribution is 2.48. The molecule has 1 aliphatic carbocycles. The summed E-state index contributed by atoms with van der Waals surface area (Å²) in [6.07, 6.45) is 2.19. The van der Waals surface area contributed by atoms with Crippen LogP contribution in [-0.4, -0.2) is 11.8 Å². The Bertz CT molecular complexity index is 790. The Balaban J connectivity index is 1.81. The lowest BCUT2D eigenvalue weighted by Gasteiger charge is -2.52. The van der Waals surface area contributed by atoms with Crippen molar-refractivity contribution in [1.29, 1.82) is 0 Å². The number of carbonyl (C=O) groups excluding carboxylic acids is 1. The van der Waals surface area contributed by atoms with Crippen LogP contribution in [0, 0.1) is 17.6 Å². The highest BCUT2D eigenvalue weighted by molar-refractivity contribution is 5.86. The first-order valence-electron chi connectivity index (χ1n) is 8.16. The molecule has 2 bridgehead atoms. The quantitative estimate of drug-likeness (QED) is 0.852. The van der Waals surface area contributed by atoms with Crippen molar-refractivity contribution in [1.82, 2.24) is 0 Å². The Morgan fingerprint density at radius 3 is 2.42 bits per heavy atom. The van der Waals surface area contributed by atoms with Gasteiger partial charge in [-0.2, -0.15) is 0 Å². The average Bonchev–Trinajstić information content (AvgIpc) is 2.58. The number of rotatable bonds is 2.